The van der Waals surface area contributed by atoms with Crippen molar-refractivity contribution < 1.29 is 31.2 Å². The molecule has 36 heavy (non-hydrogen) atoms. The van der Waals surface area contributed by atoms with Crippen LogP contribution in [-0.2, 0) is 32.3 Å². The molecule has 0 aromatic heterocycles. The van der Waals surface area contributed by atoms with Crippen molar-refractivity contribution in [2.45, 2.75) is 45.5 Å². The Bertz CT molecular complexity index is 1160. The van der Waals surface area contributed by atoms with Gasteiger partial charge in [0, 0.05) is 13.1 Å². The Morgan fingerprint density at radius 2 is 1.75 bits per heavy atom. The van der Waals surface area contributed by atoms with E-state index in [1.165, 1.54) is 11.8 Å². The van der Waals surface area contributed by atoms with E-state index in [0.717, 1.165) is 31.2 Å². The molecule has 1 N–H and O–H groups in total. The lowest BCUT2D eigenvalue weighted by Gasteiger charge is -2.31. The van der Waals surface area contributed by atoms with Crippen molar-refractivity contribution in [2.24, 2.45) is 0 Å². The first-order valence-corrected chi connectivity index (χ1v) is 13.4. The lowest BCUT2D eigenvalue weighted by atomic mass is 10.1. The van der Waals surface area contributed by atoms with Crippen LogP contribution in [0.5, 0.6) is 0 Å². The number of nitrogens with one attached hydrogen (secondary N) is 1. The molecule has 0 saturated carbocycles. The van der Waals surface area contributed by atoms with Crippen LogP contribution in [0.25, 0.3) is 0 Å². The zero-order chi connectivity index (χ0) is 27.1. The molecule has 0 bridgehead atoms. The first-order chi connectivity index (χ1) is 16.8. The van der Waals surface area contributed by atoms with Crippen molar-refractivity contribution in [3.8, 4) is 0 Å². The molecule has 0 aliphatic heterocycles. The molecule has 2 aromatic rings. The normalized spacial score (nSPS) is 12.6. The standard InChI is InChI=1S/C24H29ClF3N3O4S/c1-4-5-13-29-23(33)17(2)30(15-18-9-7-6-8-10-18)22(32)16-31(36(3,34)35)19-11-12-21(25)20(14-19)24(26,27)28/h6-12,14,17H,4-5,13,15-16H2,1-3H3,(H,29,33)/t17-/m1/s1. The van der Waals surface area contributed by atoms with Gasteiger partial charge in [-0.15, -0.1) is 0 Å². The monoisotopic (exact) mass is 547 g/mol. The van der Waals surface area contributed by atoms with Crippen molar-refractivity contribution in [3.05, 3.63) is 64.7 Å². The molecule has 7 nitrogen and oxygen atoms in total. The minimum Gasteiger partial charge on any atom is -0.354 e. The van der Waals surface area contributed by atoms with E-state index in [1.54, 1.807) is 30.3 Å². The van der Waals surface area contributed by atoms with Gasteiger partial charge in [0.15, 0.2) is 0 Å². The number of halogens is 4. The molecule has 0 aliphatic carbocycles. The van der Waals surface area contributed by atoms with E-state index in [0.29, 0.717) is 22.5 Å². The summed E-state index contributed by atoms with van der Waals surface area (Å²) in [4.78, 5) is 27.3. The maximum Gasteiger partial charge on any atom is 0.417 e. The van der Waals surface area contributed by atoms with E-state index in [9.17, 15) is 31.2 Å². The van der Waals surface area contributed by atoms with Crippen LogP contribution in [-0.4, -0.2) is 50.5 Å². The maximum absolute atomic E-state index is 13.4. The Labute approximate surface area is 214 Å². The number of carbonyl (C=O) groups is 2. The molecule has 2 aromatic carbocycles. The van der Waals surface area contributed by atoms with Crippen molar-refractivity contribution in [2.75, 3.05) is 23.7 Å². The quantitative estimate of drug-likeness (QED) is 0.421. The third-order valence-electron chi connectivity index (χ3n) is 5.42. The zero-order valence-corrected chi connectivity index (χ0v) is 21.8. The summed E-state index contributed by atoms with van der Waals surface area (Å²) in [5.74, 6) is -1.18. The second-order valence-corrected chi connectivity index (χ2v) is 10.6. The summed E-state index contributed by atoms with van der Waals surface area (Å²) in [5.41, 5.74) is -0.911. The second kappa shape index (κ2) is 12.4. The topological polar surface area (TPSA) is 86.8 Å². The highest BCUT2D eigenvalue weighted by Gasteiger charge is 2.35. The molecule has 2 amide bonds. The number of alkyl halides is 3. The van der Waals surface area contributed by atoms with Crippen molar-refractivity contribution in [1.82, 2.24) is 10.2 Å². The molecule has 198 valence electrons. The lowest BCUT2D eigenvalue weighted by Crippen LogP contribution is -2.51. The highest BCUT2D eigenvalue weighted by molar-refractivity contribution is 7.92. The number of hydrogen-bond acceptors (Lipinski definition) is 4. The van der Waals surface area contributed by atoms with Gasteiger partial charge in [0.05, 0.1) is 22.5 Å². The van der Waals surface area contributed by atoms with Gasteiger partial charge in [-0.1, -0.05) is 55.3 Å². The van der Waals surface area contributed by atoms with Crippen LogP contribution in [0.2, 0.25) is 5.02 Å². The third-order valence-corrected chi connectivity index (χ3v) is 6.89. The largest absolute Gasteiger partial charge is 0.417 e. The van der Waals surface area contributed by atoms with Crippen molar-refractivity contribution in [1.29, 1.82) is 0 Å². The van der Waals surface area contributed by atoms with Crippen LogP contribution in [0, 0.1) is 0 Å². The van der Waals surface area contributed by atoms with Gasteiger partial charge in [-0.3, -0.25) is 13.9 Å². The van der Waals surface area contributed by atoms with Crippen molar-refractivity contribution >= 4 is 39.1 Å². The van der Waals surface area contributed by atoms with Crippen molar-refractivity contribution in [3.63, 3.8) is 0 Å². The van der Waals surface area contributed by atoms with Crippen LogP contribution in [0.4, 0.5) is 18.9 Å². The molecular weight excluding hydrogens is 519 g/mol. The van der Waals surface area contributed by atoms with Gasteiger partial charge in [-0.25, -0.2) is 8.42 Å². The lowest BCUT2D eigenvalue weighted by molar-refractivity contribution is -0.139. The number of benzene rings is 2. The second-order valence-electron chi connectivity index (χ2n) is 8.26. The molecule has 0 radical (unpaired) electrons. The van der Waals surface area contributed by atoms with Crippen LogP contribution in [0.1, 0.15) is 37.8 Å². The summed E-state index contributed by atoms with van der Waals surface area (Å²) in [6, 6.07) is 10.4. The molecule has 1 atom stereocenters. The zero-order valence-electron chi connectivity index (χ0n) is 20.2. The van der Waals surface area contributed by atoms with Gasteiger partial charge in [-0.05, 0) is 37.1 Å². The van der Waals surface area contributed by atoms with E-state index in [-0.39, 0.29) is 12.2 Å². The summed E-state index contributed by atoms with van der Waals surface area (Å²) < 4.78 is 65.8. The van der Waals surface area contributed by atoms with E-state index in [2.05, 4.69) is 5.32 Å². The Morgan fingerprint density at radius 3 is 2.31 bits per heavy atom. The third kappa shape index (κ3) is 8.12. The summed E-state index contributed by atoms with van der Waals surface area (Å²) in [5, 5.41) is 2.14. The van der Waals surface area contributed by atoms with Gasteiger partial charge < -0.3 is 10.2 Å². The van der Waals surface area contributed by atoms with Gasteiger partial charge in [-0.2, -0.15) is 13.2 Å². The van der Waals surface area contributed by atoms with Crippen LogP contribution >= 0.6 is 11.6 Å². The number of hydrogen-bond donors (Lipinski definition) is 1. The molecule has 0 unspecified atom stereocenters. The molecule has 0 heterocycles. The van der Waals surface area contributed by atoms with Gasteiger partial charge in [0.2, 0.25) is 21.8 Å². The van der Waals surface area contributed by atoms with Crippen LogP contribution in [0.3, 0.4) is 0 Å². The summed E-state index contributed by atoms with van der Waals surface area (Å²) in [6.45, 7) is 3.07. The number of nitrogens with zero attached hydrogens (tertiary/aromatic N) is 2. The van der Waals surface area contributed by atoms with Crippen LogP contribution in [0.15, 0.2) is 48.5 Å². The fourth-order valence-corrected chi connectivity index (χ4v) is 4.46. The van der Waals surface area contributed by atoms with Crippen LogP contribution < -0.4 is 9.62 Å². The summed E-state index contributed by atoms with van der Waals surface area (Å²) in [7, 11) is -4.18. The molecule has 0 saturated heterocycles. The SMILES string of the molecule is CCCCNC(=O)[C@@H](C)N(Cc1ccccc1)C(=O)CN(c1ccc(Cl)c(C(F)(F)F)c1)S(C)(=O)=O. The molecule has 12 heteroatoms. The first kappa shape index (κ1) is 29.4. The minimum absolute atomic E-state index is 0.00589. The molecule has 2 rings (SSSR count). The molecule has 0 fully saturated rings. The highest BCUT2D eigenvalue weighted by atomic mass is 35.5. The number of rotatable bonds is 11. The fourth-order valence-electron chi connectivity index (χ4n) is 3.40. The smallest absolute Gasteiger partial charge is 0.354 e. The average Bonchev–Trinajstić information content (AvgIpc) is 2.80. The Morgan fingerprint density at radius 1 is 1.11 bits per heavy atom. The van der Waals surface area contributed by atoms with Gasteiger partial charge in [0.1, 0.15) is 12.6 Å². The van der Waals surface area contributed by atoms with Gasteiger partial charge >= 0.3 is 6.18 Å². The predicted octanol–water partition coefficient (Wildman–Crippen LogP) is 4.46. The van der Waals surface area contributed by atoms with E-state index in [1.807, 2.05) is 6.92 Å². The van der Waals surface area contributed by atoms with E-state index >= 15 is 0 Å². The van der Waals surface area contributed by atoms with E-state index in [4.69, 9.17) is 11.6 Å². The number of unbranched alkanes of at least 4 members (excludes halogenated alkanes) is 1. The Hall–Kier alpha value is -2.79. The first-order valence-electron chi connectivity index (χ1n) is 11.2. The number of carbonyl (C=O) groups excluding carboxylic acids is 2. The summed E-state index contributed by atoms with van der Waals surface area (Å²) >= 11 is 5.67. The number of amides is 2. The average molecular weight is 548 g/mol. The maximum atomic E-state index is 13.4. The molecule has 0 spiro atoms. The minimum atomic E-state index is -4.83. The number of sulfonamides is 1. The molecular formula is C24H29ClF3N3O4S. The Balaban J connectivity index is 2.42. The molecule has 0 aliphatic rings. The predicted molar refractivity (Wildman–Crippen MR) is 133 cm³/mol. The van der Waals surface area contributed by atoms with Gasteiger partial charge in [0.25, 0.3) is 0 Å². The Kier molecular flexibility index (Phi) is 10.2. The highest BCUT2D eigenvalue weighted by Crippen LogP contribution is 2.37. The summed E-state index contributed by atoms with van der Waals surface area (Å²) in [6.07, 6.45) is -2.45. The van der Waals surface area contributed by atoms with E-state index < -0.39 is 51.2 Å². The number of anilines is 1. The fraction of sp³-hybridized carbons (Fsp3) is 0.417.